The molecule has 0 spiro atoms. The molecule has 0 bridgehead atoms. The molecule has 1 aliphatic heterocycles. The predicted molar refractivity (Wildman–Crippen MR) is 95.4 cm³/mol. The van der Waals surface area contributed by atoms with Crippen molar-refractivity contribution in [2.45, 2.75) is 12.6 Å². The van der Waals surface area contributed by atoms with E-state index in [9.17, 15) is 14.0 Å². The van der Waals surface area contributed by atoms with Crippen molar-refractivity contribution >= 4 is 17.5 Å². The maximum atomic E-state index is 13.7. The number of anilines is 1. The fourth-order valence-corrected chi connectivity index (χ4v) is 2.82. The van der Waals surface area contributed by atoms with Crippen molar-refractivity contribution < 1.29 is 18.7 Å². The van der Waals surface area contributed by atoms with Crippen molar-refractivity contribution in [1.82, 2.24) is 10.6 Å². The third-order valence-corrected chi connectivity index (χ3v) is 4.17. The van der Waals surface area contributed by atoms with E-state index in [1.54, 1.807) is 29.2 Å². The zero-order valence-electron chi connectivity index (χ0n) is 14.4. The summed E-state index contributed by atoms with van der Waals surface area (Å²) in [6.07, 6.45) is -0.700. The molecule has 2 aromatic carbocycles. The summed E-state index contributed by atoms with van der Waals surface area (Å²) in [7, 11) is 1.54. The van der Waals surface area contributed by atoms with Crippen LogP contribution in [0.3, 0.4) is 0 Å². The first-order valence-corrected chi connectivity index (χ1v) is 8.31. The number of para-hydroxylation sites is 2. The zero-order chi connectivity index (χ0) is 18.5. The van der Waals surface area contributed by atoms with Crippen molar-refractivity contribution in [3.8, 4) is 5.75 Å². The molecule has 1 heterocycles. The molecule has 7 heteroatoms. The molecule has 0 unspecified atom stereocenters. The Hall–Kier alpha value is -3.09. The van der Waals surface area contributed by atoms with Gasteiger partial charge in [0.2, 0.25) is 5.91 Å². The summed E-state index contributed by atoms with van der Waals surface area (Å²) in [6.45, 7) is 0.405. The highest BCUT2D eigenvalue weighted by atomic mass is 19.1. The second-order valence-electron chi connectivity index (χ2n) is 5.94. The largest absolute Gasteiger partial charge is 0.477 e. The molecular formula is C19H20FN3O3. The van der Waals surface area contributed by atoms with Crippen LogP contribution in [0.15, 0.2) is 48.5 Å². The van der Waals surface area contributed by atoms with Crippen LogP contribution in [0.1, 0.15) is 5.56 Å². The zero-order valence-corrected chi connectivity index (χ0v) is 14.4. The molecule has 1 aliphatic rings. The van der Waals surface area contributed by atoms with Crippen LogP contribution in [0.5, 0.6) is 5.75 Å². The number of likely N-dealkylation sites (N-methyl/N-ethyl adjacent to an activating group) is 1. The van der Waals surface area contributed by atoms with Crippen LogP contribution in [0.25, 0.3) is 0 Å². The maximum absolute atomic E-state index is 13.7. The van der Waals surface area contributed by atoms with E-state index in [1.165, 1.54) is 13.1 Å². The fourth-order valence-electron chi connectivity index (χ4n) is 2.82. The maximum Gasteiger partial charge on any atom is 0.262 e. The van der Waals surface area contributed by atoms with E-state index >= 15 is 0 Å². The van der Waals surface area contributed by atoms with E-state index in [2.05, 4.69) is 10.6 Å². The average molecular weight is 357 g/mol. The van der Waals surface area contributed by atoms with E-state index < -0.39 is 6.10 Å². The molecule has 26 heavy (non-hydrogen) atoms. The quantitative estimate of drug-likeness (QED) is 0.850. The van der Waals surface area contributed by atoms with Gasteiger partial charge in [-0.2, -0.15) is 0 Å². The molecule has 0 fully saturated rings. The molecule has 136 valence electrons. The Labute approximate surface area is 150 Å². The van der Waals surface area contributed by atoms with Gasteiger partial charge in [0.1, 0.15) is 11.6 Å². The highest BCUT2D eigenvalue weighted by Crippen LogP contribution is 2.32. The standard InChI is InChI=1S/C19H20FN3O3/c1-21-19(25)17-11-23(15-8-4-5-9-16(15)26-17)12-18(24)22-10-13-6-2-3-7-14(13)20/h2-9,17H,10-12H2,1H3,(H,21,25)(H,22,24)/t17-/m1/s1. The van der Waals surface area contributed by atoms with Crippen LogP contribution >= 0.6 is 0 Å². The van der Waals surface area contributed by atoms with Crippen LogP contribution in [-0.2, 0) is 16.1 Å². The van der Waals surface area contributed by atoms with Gasteiger partial charge in [-0.15, -0.1) is 0 Å². The lowest BCUT2D eigenvalue weighted by atomic mass is 10.1. The third-order valence-electron chi connectivity index (χ3n) is 4.17. The molecule has 0 aromatic heterocycles. The van der Waals surface area contributed by atoms with Gasteiger partial charge in [0.05, 0.1) is 18.8 Å². The van der Waals surface area contributed by atoms with E-state index in [4.69, 9.17) is 4.74 Å². The minimum Gasteiger partial charge on any atom is -0.477 e. The first kappa shape index (κ1) is 17.7. The number of benzene rings is 2. The van der Waals surface area contributed by atoms with E-state index in [0.29, 0.717) is 11.3 Å². The van der Waals surface area contributed by atoms with Gasteiger partial charge < -0.3 is 20.3 Å². The van der Waals surface area contributed by atoms with Gasteiger partial charge in [-0.05, 0) is 18.2 Å². The number of ether oxygens (including phenoxy) is 1. The van der Waals surface area contributed by atoms with Crippen molar-refractivity contribution in [3.63, 3.8) is 0 Å². The lowest BCUT2D eigenvalue weighted by Gasteiger charge is -2.35. The summed E-state index contributed by atoms with van der Waals surface area (Å²) >= 11 is 0. The van der Waals surface area contributed by atoms with Gasteiger partial charge in [0, 0.05) is 19.2 Å². The Balaban J connectivity index is 1.68. The van der Waals surface area contributed by atoms with Gasteiger partial charge in [-0.25, -0.2) is 4.39 Å². The van der Waals surface area contributed by atoms with Gasteiger partial charge in [0.25, 0.3) is 5.91 Å². The Morgan fingerprint density at radius 3 is 2.69 bits per heavy atom. The van der Waals surface area contributed by atoms with Gasteiger partial charge in [-0.1, -0.05) is 30.3 Å². The number of amides is 2. The number of hydrogen-bond donors (Lipinski definition) is 2. The Morgan fingerprint density at radius 1 is 1.19 bits per heavy atom. The lowest BCUT2D eigenvalue weighted by molar-refractivity contribution is -0.127. The Bertz CT molecular complexity index is 812. The van der Waals surface area contributed by atoms with Gasteiger partial charge >= 0.3 is 0 Å². The van der Waals surface area contributed by atoms with E-state index in [0.717, 1.165) is 5.69 Å². The van der Waals surface area contributed by atoms with E-state index in [1.807, 2.05) is 18.2 Å². The smallest absolute Gasteiger partial charge is 0.262 e. The highest BCUT2D eigenvalue weighted by molar-refractivity contribution is 5.86. The van der Waals surface area contributed by atoms with Crippen LogP contribution < -0.4 is 20.3 Å². The topological polar surface area (TPSA) is 70.7 Å². The normalized spacial score (nSPS) is 15.6. The second kappa shape index (κ2) is 7.86. The minimum absolute atomic E-state index is 0.0440. The molecule has 2 N–H and O–H groups in total. The number of nitrogens with one attached hydrogen (secondary N) is 2. The second-order valence-corrected chi connectivity index (χ2v) is 5.94. The molecule has 2 aromatic rings. The van der Waals surface area contributed by atoms with Crippen LogP contribution in [0, 0.1) is 5.82 Å². The number of rotatable bonds is 5. The Kier molecular flexibility index (Phi) is 5.36. The van der Waals surface area contributed by atoms with Crippen molar-refractivity contribution in [3.05, 3.63) is 59.9 Å². The number of fused-ring (bicyclic) bond motifs is 1. The van der Waals surface area contributed by atoms with Crippen molar-refractivity contribution in [1.29, 1.82) is 0 Å². The van der Waals surface area contributed by atoms with Crippen LogP contribution in [0.2, 0.25) is 0 Å². The summed E-state index contributed by atoms with van der Waals surface area (Å²) in [6, 6.07) is 13.5. The highest BCUT2D eigenvalue weighted by Gasteiger charge is 2.30. The fraction of sp³-hybridized carbons (Fsp3) is 0.263. The predicted octanol–water partition coefficient (Wildman–Crippen LogP) is 1.46. The van der Waals surface area contributed by atoms with Crippen molar-refractivity contribution in [2.24, 2.45) is 0 Å². The average Bonchev–Trinajstić information content (AvgIpc) is 2.66. The summed E-state index contributed by atoms with van der Waals surface area (Å²) in [5, 5.41) is 5.27. The molecule has 6 nitrogen and oxygen atoms in total. The number of carbonyl (C=O) groups excluding carboxylic acids is 2. The Morgan fingerprint density at radius 2 is 1.92 bits per heavy atom. The van der Waals surface area contributed by atoms with Crippen molar-refractivity contribution in [2.75, 3.05) is 25.0 Å². The first-order valence-electron chi connectivity index (χ1n) is 8.31. The third kappa shape index (κ3) is 3.93. The van der Waals surface area contributed by atoms with Gasteiger partial charge in [0.15, 0.2) is 6.10 Å². The summed E-state index contributed by atoms with van der Waals surface area (Å²) in [5.74, 6) is -0.324. The molecule has 0 saturated heterocycles. The first-order chi connectivity index (χ1) is 12.6. The van der Waals surface area contributed by atoms with Gasteiger partial charge in [-0.3, -0.25) is 9.59 Å². The lowest BCUT2D eigenvalue weighted by Crippen LogP contribution is -2.50. The molecule has 0 saturated carbocycles. The molecule has 0 aliphatic carbocycles. The monoisotopic (exact) mass is 357 g/mol. The molecule has 0 radical (unpaired) electrons. The van der Waals surface area contributed by atoms with E-state index in [-0.39, 0.29) is 37.3 Å². The summed E-state index contributed by atoms with van der Waals surface area (Å²) in [4.78, 5) is 26.1. The molecule has 1 atom stereocenters. The summed E-state index contributed by atoms with van der Waals surface area (Å²) < 4.78 is 19.4. The number of halogens is 1. The SMILES string of the molecule is CNC(=O)[C@H]1CN(CC(=O)NCc2ccccc2F)c2ccccc2O1. The number of nitrogens with zero attached hydrogens (tertiary/aromatic N) is 1. The molecule has 2 amide bonds. The van der Waals surface area contributed by atoms with Crippen LogP contribution in [0.4, 0.5) is 10.1 Å². The summed E-state index contributed by atoms with van der Waals surface area (Å²) in [5.41, 5.74) is 1.17. The minimum atomic E-state index is -0.700. The van der Waals surface area contributed by atoms with Crippen LogP contribution in [-0.4, -0.2) is 38.1 Å². The number of hydrogen-bond acceptors (Lipinski definition) is 4. The number of carbonyl (C=O) groups is 2. The molecule has 3 rings (SSSR count). The molecular weight excluding hydrogens is 337 g/mol.